The minimum Gasteiger partial charge on any atom is -0.370 e. The molecule has 1 unspecified atom stereocenters. The summed E-state index contributed by atoms with van der Waals surface area (Å²) in [5, 5.41) is 4.17. The molecular weight excluding hydrogens is 308 g/mol. The summed E-state index contributed by atoms with van der Waals surface area (Å²) >= 11 is 6.01. The smallest absolute Gasteiger partial charge is 0.134 e. The van der Waals surface area contributed by atoms with Gasteiger partial charge in [0.05, 0.1) is 0 Å². The van der Waals surface area contributed by atoms with Gasteiger partial charge in [-0.25, -0.2) is 9.97 Å². The van der Waals surface area contributed by atoms with Gasteiger partial charge in [0.2, 0.25) is 0 Å². The van der Waals surface area contributed by atoms with Crippen LogP contribution in [0.1, 0.15) is 25.3 Å². The fraction of sp³-hybridized carbons (Fsp3) is 0.444. The van der Waals surface area contributed by atoms with Crippen molar-refractivity contribution in [3.8, 4) is 0 Å². The highest BCUT2D eigenvalue weighted by Gasteiger charge is 2.17. The molecule has 1 aliphatic heterocycles. The van der Waals surface area contributed by atoms with Gasteiger partial charge in [-0.15, -0.1) is 0 Å². The average Bonchev–Trinajstić information content (AvgIpc) is 2.55. The third-order valence-electron chi connectivity index (χ3n) is 4.24. The van der Waals surface area contributed by atoms with Gasteiger partial charge < -0.3 is 10.2 Å². The summed E-state index contributed by atoms with van der Waals surface area (Å²) in [5.41, 5.74) is 1.23. The molecule has 1 fully saturated rings. The van der Waals surface area contributed by atoms with Gasteiger partial charge in [0.25, 0.3) is 0 Å². The predicted octanol–water partition coefficient (Wildman–Crippen LogP) is 4.02. The Morgan fingerprint density at radius 2 is 2.22 bits per heavy atom. The summed E-state index contributed by atoms with van der Waals surface area (Å²) in [6.45, 7) is 5.30. The van der Waals surface area contributed by atoms with Gasteiger partial charge in [-0.1, -0.05) is 30.7 Å². The van der Waals surface area contributed by atoms with Gasteiger partial charge in [-0.05, 0) is 42.9 Å². The number of halogens is 1. The second-order valence-corrected chi connectivity index (χ2v) is 6.70. The first-order chi connectivity index (χ1) is 11.2. The zero-order valence-electron chi connectivity index (χ0n) is 13.5. The van der Waals surface area contributed by atoms with Gasteiger partial charge in [-0.2, -0.15) is 0 Å². The van der Waals surface area contributed by atoms with Crippen LogP contribution < -0.4 is 10.2 Å². The monoisotopic (exact) mass is 330 g/mol. The van der Waals surface area contributed by atoms with Crippen molar-refractivity contribution < 1.29 is 0 Å². The van der Waals surface area contributed by atoms with E-state index < -0.39 is 0 Å². The molecule has 3 rings (SSSR count). The third-order valence-corrected chi connectivity index (χ3v) is 4.48. The Kier molecular flexibility index (Phi) is 5.34. The fourth-order valence-electron chi connectivity index (χ4n) is 3.04. The maximum absolute atomic E-state index is 6.01. The average molecular weight is 331 g/mol. The van der Waals surface area contributed by atoms with Crippen molar-refractivity contribution in [2.45, 2.75) is 26.2 Å². The van der Waals surface area contributed by atoms with Crippen molar-refractivity contribution in [3.63, 3.8) is 0 Å². The second-order valence-electron chi connectivity index (χ2n) is 6.26. The molecule has 1 saturated heterocycles. The second kappa shape index (κ2) is 7.64. The number of hydrogen-bond acceptors (Lipinski definition) is 4. The maximum atomic E-state index is 6.01. The minimum absolute atomic E-state index is 0.734. The summed E-state index contributed by atoms with van der Waals surface area (Å²) in [6, 6.07) is 10.0. The van der Waals surface area contributed by atoms with Crippen molar-refractivity contribution in [2.24, 2.45) is 5.92 Å². The summed E-state index contributed by atoms with van der Waals surface area (Å²) < 4.78 is 0. The lowest BCUT2D eigenvalue weighted by molar-refractivity contribution is 0.444. The zero-order chi connectivity index (χ0) is 16.1. The molecule has 122 valence electrons. The topological polar surface area (TPSA) is 41.0 Å². The van der Waals surface area contributed by atoms with Crippen LogP contribution in [0.3, 0.4) is 0 Å². The van der Waals surface area contributed by atoms with Gasteiger partial charge in [0.1, 0.15) is 18.0 Å². The highest BCUT2D eigenvalue weighted by atomic mass is 35.5. The number of nitrogens with one attached hydrogen (secondary N) is 1. The highest BCUT2D eigenvalue weighted by molar-refractivity contribution is 6.30. The summed E-state index contributed by atoms with van der Waals surface area (Å²) in [6.07, 6.45) is 5.12. The number of benzene rings is 1. The van der Waals surface area contributed by atoms with Gasteiger partial charge >= 0.3 is 0 Å². The molecule has 1 atom stereocenters. The van der Waals surface area contributed by atoms with E-state index in [9.17, 15) is 0 Å². The lowest BCUT2D eigenvalue weighted by atomic mass is 10.0. The SMILES string of the molecule is CC1CCCN(c2cc(NCCc3cccc(Cl)c3)ncn2)C1. The summed E-state index contributed by atoms with van der Waals surface area (Å²) in [4.78, 5) is 11.1. The Balaban J connectivity index is 1.57. The molecule has 0 radical (unpaired) electrons. The van der Waals surface area contributed by atoms with Crippen LogP contribution in [0.2, 0.25) is 5.02 Å². The molecule has 0 saturated carbocycles. The standard InChI is InChI=1S/C18H23ClN4/c1-14-4-3-9-23(12-14)18-11-17(21-13-22-18)20-8-7-15-5-2-6-16(19)10-15/h2,5-6,10-11,13-14H,3-4,7-9,12H2,1H3,(H,20,21,22). The van der Waals surface area contributed by atoms with Crippen LogP contribution >= 0.6 is 11.6 Å². The molecular formula is C18H23ClN4. The molecule has 5 heteroatoms. The molecule has 1 N–H and O–H groups in total. The normalized spacial score (nSPS) is 18.0. The molecule has 2 heterocycles. The van der Waals surface area contributed by atoms with E-state index in [1.807, 2.05) is 18.2 Å². The summed E-state index contributed by atoms with van der Waals surface area (Å²) in [7, 11) is 0. The molecule has 1 aromatic carbocycles. The Hall–Kier alpha value is -1.81. The van der Waals surface area contributed by atoms with E-state index in [0.717, 1.165) is 48.6 Å². The Labute approximate surface area is 142 Å². The van der Waals surface area contributed by atoms with Crippen LogP contribution in [0, 0.1) is 5.92 Å². The van der Waals surface area contributed by atoms with Crippen molar-refractivity contribution in [1.82, 2.24) is 9.97 Å². The first kappa shape index (κ1) is 16.1. The van der Waals surface area contributed by atoms with E-state index in [0.29, 0.717) is 0 Å². The van der Waals surface area contributed by atoms with Crippen LogP contribution in [0.4, 0.5) is 11.6 Å². The van der Waals surface area contributed by atoms with E-state index >= 15 is 0 Å². The van der Waals surface area contributed by atoms with Crippen LogP contribution in [0.15, 0.2) is 36.7 Å². The molecule has 23 heavy (non-hydrogen) atoms. The Morgan fingerprint density at radius 1 is 1.30 bits per heavy atom. The van der Waals surface area contributed by atoms with Crippen LogP contribution in [-0.4, -0.2) is 29.6 Å². The molecule has 1 aromatic heterocycles. The molecule has 0 spiro atoms. The number of hydrogen-bond donors (Lipinski definition) is 1. The zero-order valence-corrected chi connectivity index (χ0v) is 14.3. The minimum atomic E-state index is 0.734. The number of anilines is 2. The number of rotatable bonds is 5. The number of nitrogens with zero attached hydrogens (tertiary/aromatic N) is 3. The Morgan fingerprint density at radius 3 is 3.04 bits per heavy atom. The van der Waals surface area contributed by atoms with E-state index in [1.54, 1.807) is 6.33 Å². The molecule has 4 nitrogen and oxygen atoms in total. The molecule has 0 bridgehead atoms. The van der Waals surface area contributed by atoms with Crippen molar-refractivity contribution in [2.75, 3.05) is 29.9 Å². The van der Waals surface area contributed by atoms with E-state index in [-0.39, 0.29) is 0 Å². The third kappa shape index (κ3) is 4.58. The lowest BCUT2D eigenvalue weighted by Crippen LogP contribution is -2.34. The largest absolute Gasteiger partial charge is 0.370 e. The van der Waals surface area contributed by atoms with Crippen LogP contribution in [0.25, 0.3) is 0 Å². The van der Waals surface area contributed by atoms with E-state index in [1.165, 1.54) is 18.4 Å². The number of aromatic nitrogens is 2. The van der Waals surface area contributed by atoms with Gasteiger partial charge in [0.15, 0.2) is 0 Å². The Bertz CT molecular complexity index is 646. The van der Waals surface area contributed by atoms with Crippen LogP contribution in [-0.2, 0) is 6.42 Å². The quantitative estimate of drug-likeness (QED) is 0.899. The lowest BCUT2D eigenvalue weighted by Gasteiger charge is -2.31. The first-order valence-electron chi connectivity index (χ1n) is 8.26. The highest BCUT2D eigenvalue weighted by Crippen LogP contribution is 2.22. The van der Waals surface area contributed by atoms with E-state index in [2.05, 4.69) is 39.2 Å². The van der Waals surface area contributed by atoms with Crippen molar-refractivity contribution in [1.29, 1.82) is 0 Å². The summed E-state index contributed by atoms with van der Waals surface area (Å²) in [5.74, 6) is 2.64. The molecule has 0 amide bonds. The van der Waals surface area contributed by atoms with Gasteiger partial charge in [-0.3, -0.25) is 0 Å². The number of piperidine rings is 1. The van der Waals surface area contributed by atoms with Crippen molar-refractivity contribution >= 4 is 23.2 Å². The molecule has 2 aromatic rings. The first-order valence-corrected chi connectivity index (χ1v) is 8.64. The predicted molar refractivity (Wildman–Crippen MR) is 96.3 cm³/mol. The van der Waals surface area contributed by atoms with E-state index in [4.69, 9.17) is 11.6 Å². The fourth-order valence-corrected chi connectivity index (χ4v) is 3.25. The van der Waals surface area contributed by atoms with Crippen molar-refractivity contribution in [3.05, 3.63) is 47.2 Å². The molecule has 1 aliphatic rings. The van der Waals surface area contributed by atoms with Gasteiger partial charge in [0, 0.05) is 30.7 Å². The molecule has 0 aliphatic carbocycles. The van der Waals surface area contributed by atoms with Crippen LogP contribution in [0.5, 0.6) is 0 Å². The maximum Gasteiger partial charge on any atom is 0.134 e.